The van der Waals surface area contributed by atoms with Crippen LogP contribution in [0.25, 0.3) is 0 Å². The molecule has 1 aromatic rings. The molecule has 0 radical (unpaired) electrons. The van der Waals surface area contributed by atoms with Crippen LogP contribution in [0.4, 0.5) is 0 Å². The third-order valence-corrected chi connectivity index (χ3v) is 4.28. The van der Waals surface area contributed by atoms with Crippen LogP contribution in [0.5, 0.6) is 5.75 Å². The van der Waals surface area contributed by atoms with Crippen molar-refractivity contribution < 1.29 is 9.53 Å². The predicted molar refractivity (Wildman–Crippen MR) is 90.9 cm³/mol. The Balaban J connectivity index is 2.16. The highest BCUT2D eigenvalue weighted by molar-refractivity contribution is 6.00. The van der Waals surface area contributed by atoms with Gasteiger partial charge in [0.1, 0.15) is 5.75 Å². The molecule has 0 aromatic heterocycles. The molecule has 0 amide bonds. The van der Waals surface area contributed by atoms with Gasteiger partial charge in [0.2, 0.25) is 0 Å². The maximum atomic E-state index is 12.8. The number of ketones is 1. The number of likely N-dealkylation sites (tertiary alicyclic amines) is 1. The van der Waals surface area contributed by atoms with Crippen LogP contribution < -0.4 is 4.74 Å². The van der Waals surface area contributed by atoms with Gasteiger partial charge in [-0.2, -0.15) is 0 Å². The Morgan fingerprint density at radius 3 is 2.82 bits per heavy atom. The lowest BCUT2D eigenvalue weighted by Gasteiger charge is -2.30. The fourth-order valence-electron chi connectivity index (χ4n) is 3.28. The van der Waals surface area contributed by atoms with Gasteiger partial charge >= 0.3 is 0 Å². The monoisotopic (exact) mass is 303 g/mol. The van der Waals surface area contributed by atoms with Crippen molar-refractivity contribution in [3.63, 3.8) is 0 Å². The topological polar surface area (TPSA) is 29.5 Å². The Kier molecular flexibility index (Phi) is 6.01. The average Bonchev–Trinajstić information content (AvgIpc) is 2.45. The number of hydrogen-bond donors (Lipinski definition) is 0. The number of piperidine rings is 1. The van der Waals surface area contributed by atoms with Gasteiger partial charge in [0.25, 0.3) is 0 Å². The lowest BCUT2D eigenvalue weighted by molar-refractivity contribution is 0.0889. The van der Waals surface area contributed by atoms with Crippen LogP contribution in [0.2, 0.25) is 0 Å². The van der Waals surface area contributed by atoms with E-state index in [4.69, 9.17) is 4.74 Å². The summed E-state index contributed by atoms with van der Waals surface area (Å²) in [5, 5.41) is 0. The number of ether oxygens (including phenoxy) is 1. The first kappa shape index (κ1) is 17.0. The second kappa shape index (κ2) is 7.77. The van der Waals surface area contributed by atoms with Crippen LogP contribution in [0.3, 0.4) is 0 Å². The van der Waals surface area contributed by atoms with Gasteiger partial charge < -0.3 is 4.74 Å². The van der Waals surface area contributed by atoms with Crippen LogP contribution in [-0.2, 0) is 0 Å². The van der Waals surface area contributed by atoms with Crippen LogP contribution in [0.15, 0.2) is 12.1 Å². The van der Waals surface area contributed by atoms with Crippen molar-refractivity contribution in [3.8, 4) is 5.75 Å². The van der Waals surface area contributed by atoms with Crippen LogP contribution in [-0.4, -0.2) is 36.9 Å². The zero-order chi connectivity index (χ0) is 16.1. The highest BCUT2D eigenvalue weighted by Gasteiger charge is 2.22. The van der Waals surface area contributed by atoms with Gasteiger partial charge in [-0.1, -0.05) is 19.9 Å². The zero-order valence-corrected chi connectivity index (χ0v) is 14.4. The van der Waals surface area contributed by atoms with Crippen molar-refractivity contribution >= 4 is 5.78 Å². The molecule has 1 unspecified atom stereocenters. The molecule has 0 aliphatic carbocycles. The molecular weight excluding hydrogens is 274 g/mol. The highest BCUT2D eigenvalue weighted by atomic mass is 16.5. The maximum Gasteiger partial charge on any atom is 0.180 e. The molecule has 3 heteroatoms. The summed E-state index contributed by atoms with van der Waals surface area (Å²) in [7, 11) is 0. The molecule has 1 aromatic carbocycles. The van der Waals surface area contributed by atoms with Crippen molar-refractivity contribution in [1.29, 1.82) is 0 Å². The lowest BCUT2D eigenvalue weighted by Crippen LogP contribution is -2.38. The van der Waals surface area contributed by atoms with E-state index in [0.717, 1.165) is 42.0 Å². The van der Waals surface area contributed by atoms with Gasteiger partial charge in [-0.25, -0.2) is 0 Å². The molecule has 1 saturated heterocycles. The first-order valence-electron chi connectivity index (χ1n) is 8.50. The molecule has 1 heterocycles. The van der Waals surface area contributed by atoms with E-state index in [1.54, 1.807) is 0 Å². The molecule has 1 atom stereocenters. The maximum absolute atomic E-state index is 12.8. The summed E-state index contributed by atoms with van der Waals surface area (Å²) in [5.41, 5.74) is 2.93. The highest BCUT2D eigenvalue weighted by Crippen LogP contribution is 2.27. The number of Topliss-reactive ketones (excluding diaryl/α,β-unsaturated/α-hetero) is 1. The summed E-state index contributed by atoms with van der Waals surface area (Å²) in [6.45, 7) is 11.6. The standard InChI is InChI=1S/C19H29NO2/c1-5-9-22-19-16(4)10-15(3)11-17(19)18(21)13-20-8-6-7-14(2)12-20/h10-11,14H,5-9,12-13H2,1-4H3. The van der Waals surface area contributed by atoms with Crippen LogP contribution in [0, 0.1) is 19.8 Å². The van der Waals surface area contributed by atoms with Gasteiger partial charge in [0, 0.05) is 6.54 Å². The van der Waals surface area contributed by atoms with E-state index in [1.165, 1.54) is 12.8 Å². The minimum absolute atomic E-state index is 0.187. The smallest absolute Gasteiger partial charge is 0.180 e. The van der Waals surface area contributed by atoms with E-state index in [1.807, 2.05) is 19.9 Å². The summed E-state index contributed by atoms with van der Waals surface area (Å²) in [5.74, 6) is 1.66. The van der Waals surface area contributed by atoms with Crippen molar-refractivity contribution in [3.05, 3.63) is 28.8 Å². The van der Waals surface area contributed by atoms with E-state index in [-0.39, 0.29) is 5.78 Å². The van der Waals surface area contributed by atoms with Crippen molar-refractivity contribution in [2.24, 2.45) is 5.92 Å². The molecule has 1 fully saturated rings. The summed E-state index contributed by atoms with van der Waals surface area (Å²) in [4.78, 5) is 15.1. The van der Waals surface area contributed by atoms with E-state index >= 15 is 0 Å². The van der Waals surface area contributed by atoms with Crippen molar-refractivity contribution in [2.45, 2.75) is 47.0 Å². The van der Waals surface area contributed by atoms with Gasteiger partial charge in [-0.15, -0.1) is 0 Å². The van der Waals surface area contributed by atoms with Crippen LogP contribution in [0.1, 0.15) is 54.6 Å². The van der Waals surface area contributed by atoms with E-state index in [2.05, 4.69) is 24.8 Å². The lowest BCUT2D eigenvalue weighted by atomic mass is 9.98. The largest absolute Gasteiger partial charge is 0.493 e. The number of rotatable bonds is 6. The Bertz CT molecular complexity index is 524. The number of carbonyl (C=O) groups excluding carboxylic acids is 1. The first-order valence-corrected chi connectivity index (χ1v) is 8.50. The third kappa shape index (κ3) is 4.33. The Labute approximate surface area is 134 Å². The molecular formula is C19H29NO2. The number of nitrogens with zero attached hydrogens (tertiary/aromatic N) is 1. The SMILES string of the molecule is CCCOc1c(C)cc(C)cc1C(=O)CN1CCCC(C)C1. The summed E-state index contributed by atoms with van der Waals surface area (Å²) >= 11 is 0. The molecule has 122 valence electrons. The first-order chi connectivity index (χ1) is 10.5. The van der Waals surface area contributed by atoms with Gasteiger partial charge in [-0.3, -0.25) is 9.69 Å². The molecule has 1 aliphatic rings. The summed E-state index contributed by atoms with van der Waals surface area (Å²) in [6, 6.07) is 4.07. The third-order valence-electron chi connectivity index (χ3n) is 4.28. The summed E-state index contributed by atoms with van der Waals surface area (Å²) in [6.07, 6.45) is 3.42. The van der Waals surface area contributed by atoms with Crippen LogP contribution >= 0.6 is 0 Å². The van der Waals surface area contributed by atoms with Gasteiger partial charge in [0.15, 0.2) is 5.78 Å². The molecule has 2 rings (SSSR count). The minimum atomic E-state index is 0.187. The average molecular weight is 303 g/mol. The zero-order valence-electron chi connectivity index (χ0n) is 14.4. The second-order valence-corrected chi connectivity index (χ2v) is 6.71. The number of carbonyl (C=O) groups is 1. The van der Waals surface area contributed by atoms with E-state index < -0.39 is 0 Å². The molecule has 0 saturated carbocycles. The fourth-order valence-corrected chi connectivity index (χ4v) is 3.28. The molecule has 3 nitrogen and oxygen atoms in total. The van der Waals surface area contributed by atoms with Gasteiger partial charge in [0.05, 0.1) is 18.7 Å². The van der Waals surface area contributed by atoms with Crippen molar-refractivity contribution in [1.82, 2.24) is 4.90 Å². The Morgan fingerprint density at radius 1 is 1.36 bits per heavy atom. The number of hydrogen-bond acceptors (Lipinski definition) is 3. The van der Waals surface area contributed by atoms with E-state index in [9.17, 15) is 4.79 Å². The normalized spacial score (nSPS) is 19.2. The fraction of sp³-hybridized carbons (Fsp3) is 0.632. The number of aryl methyl sites for hydroxylation is 2. The number of benzene rings is 1. The Morgan fingerprint density at radius 2 is 2.14 bits per heavy atom. The molecule has 1 aliphatic heterocycles. The summed E-state index contributed by atoms with van der Waals surface area (Å²) < 4.78 is 5.86. The molecule has 0 spiro atoms. The quantitative estimate of drug-likeness (QED) is 0.744. The molecule has 0 bridgehead atoms. The molecule has 22 heavy (non-hydrogen) atoms. The molecule has 0 N–H and O–H groups in total. The minimum Gasteiger partial charge on any atom is -0.493 e. The predicted octanol–water partition coefficient (Wildman–Crippen LogP) is 4.01. The second-order valence-electron chi connectivity index (χ2n) is 6.71. The van der Waals surface area contributed by atoms with E-state index in [0.29, 0.717) is 19.1 Å². The van der Waals surface area contributed by atoms with Crippen molar-refractivity contribution in [2.75, 3.05) is 26.2 Å². The Hall–Kier alpha value is -1.35. The van der Waals surface area contributed by atoms with Gasteiger partial charge in [-0.05, 0) is 62.8 Å².